The normalized spacial score (nSPS) is 11.6. The lowest BCUT2D eigenvalue weighted by Gasteiger charge is -2.13. The highest BCUT2D eigenvalue weighted by Crippen LogP contribution is 2.35. The minimum Gasteiger partial charge on any atom is -0.322 e. The van der Waals surface area contributed by atoms with Crippen LogP contribution in [0, 0.1) is 3.57 Å². The minimum atomic E-state index is -4.52. The van der Waals surface area contributed by atoms with E-state index in [0.717, 1.165) is 11.6 Å². The molecule has 2 nitrogen and oxygen atoms in total. The first-order valence-electron chi connectivity index (χ1n) is 6.27. The molecule has 0 heterocycles. The van der Waals surface area contributed by atoms with Gasteiger partial charge in [0.1, 0.15) is 0 Å². The molecule has 0 unspecified atom stereocenters. The highest BCUT2D eigenvalue weighted by Gasteiger charge is 2.34. The Morgan fingerprint density at radius 2 is 1.77 bits per heavy atom. The molecule has 2 aromatic carbocycles. The Hall–Kier alpha value is -1.83. The fourth-order valence-electron chi connectivity index (χ4n) is 1.77. The molecule has 0 aliphatic rings. The van der Waals surface area contributed by atoms with Crippen molar-refractivity contribution < 1.29 is 18.0 Å². The number of halogens is 4. The largest absolute Gasteiger partial charge is 0.418 e. The smallest absolute Gasteiger partial charge is 0.322 e. The summed E-state index contributed by atoms with van der Waals surface area (Å²) >= 11 is 1.79. The van der Waals surface area contributed by atoms with Gasteiger partial charge >= 0.3 is 6.18 Å². The van der Waals surface area contributed by atoms with Gasteiger partial charge in [-0.2, -0.15) is 13.2 Å². The molecule has 2 aromatic rings. The van der Waals surface area contributed by atoms with E-state index in [4.69, 9.17) is 0 Å². The summed E-state index contributed by atoms with van der Waals surface area (Å²) in [6.07, 6.45) is -1.78. The third-order valence-electron chi connectivity index (χ3n) is 2.77. The van der Waals surface area contributed by atoms with Crippen LogP contribution in [0.15, 0.2) is 54.6 Å². The molecule has 0 fully saturated rings. The third-order valence-corrected chi connectivity index (χ3v) is 3.44. The number of carbonyl (C=O) groups excluding carboxylic acids is 1. The summed E-state index contributed by atoms with van der Waals surface area (Å²) < 4.78 is 39.3. The van der Waals surface area contributed by atoms with Crippen molar-refractivity contribution in [3.63, 3.8) is 0 Å². The van der Waals surface area contributed by atoms with Gasteiger partial charge in [-0.05, 0) is 52.4 Å². The van der Waals surface area contributed by atoms with Gasteiger partial charge in [0.2, 0.25) is 5.91 Å². The quantitative estimate of drug-likeness (QED) is 0.555. The van der Waals surface area contributed by atoms with E-state index < -0.39 is 17.6 Å². The summed E-state index contributed by atoms with van der Waals surface area (Å²) in [7, 11) is 0. The number of benzene rings is 2. The van der Waals surface area contributed by atoms with Crippen LogP contribution in [0.4, 0.5) is 18.9 Å². The minimum absolute atomic E-state index is 0.254. The van der Waals surface area contributed by atoms with Crippen molar-refractivity contribution >= 4 is 40.3 Å². The monoisotopic (exact) mass is 417 g/mol. The number of anilines is 1. The van der Waals surface area contributed by atoms with Crippen LogP contribution in [0.25, 0.3) is 6.08 Å². The fourth-order valence-corrected chi connectivity index (χ4v) is 2.26. The van der Waals surface area contributed by atoms with E-state index in [1.807, 2.05) is 6.07 Å². The summed E-state index contributed by atoms with van der Waals surface area (Å²) in [6, 6.07) is 12.8. The van der Waals surface area contributed by atoms with Gasteiger partial charge in [-0.15, -0.1) is 0 Å². The summed E-state index contributed by atoms with van der Waals surface area (Å²) in [4.78, 5) is 11.8. The molecule has 0 aliphatic heterocycles. The second kappa shape index (κ2) is 6.95. The van der Waals surface area contributed by atoms with Gasteiger partial charge in [-0.1, -0.05) is 30.3 Å². The van der Waals surface area contributed by atoms with E-state index in [1.54, 1.807) is 46.9 Å². The van der Waals surface area contributed by atoms with Crippen LogP contribution in [0.1, 0.15) is 11.1 Å². The zero-order valence-corrected chi connectivity index (χ0v) is 13.4. The number of hydrogen-bond acceptors (Lipinski definition) is 1. The second-order valence-corrected chi connectivity index (χ2v) is 5.67. The molecule has 0 spiro atoms. The van der Waals surface area contributed by atoms with Gasteiger partial charge < -0.3 is 5.32 Å². The predicted octanol–water partition coefficient (Wildman–Crippen LogP) is 4.96. The van der Waals surface area contributed by atoms with Crippen LogP contribution in [-0.4, -0.2) is 5.91 Å². The maximum Gasteiger partial charge on any atom is 0.418 e. The van der Waals surface area contributed by atoms with Gasteiger partial charge in [0.25, 0.3) is 0 Å². The van der Waals surface area contributed by atoms with Gasteiger partial charge in [0, 0.05) is 9.65 Å². The van der Waals surface area contributed by atoms with Gasteiger partial charge in [-0.3, -0.25) is 4.79 Å². The molecular formula is C16H11F3INO. The highest BCUT2D eigenvalue weighted by molar-refractivity contribution is 14.1. The van der Waals surface area contributed by atoms with E-state index >= 15 is 0 Å². The Kier molecular flexibility index (Phi) is 5.23. The molecular weight excluding hydrogens is 406 g/mol. The molecule has 0 radical (unpaired) electrons. The Morgan fingerprint density at radius 3 is 2.41 bits per heavy atom. The van der Waals surface area contributed by atoms with Crippen molar-refractivity contribution in [1.82, 2.24) is 0 Å². The lowest BCUT2D eigenvalue weighted by Crippen LogP contribution is -2.14. The van der Waals surface area contributed by atoms with E-state index in [-0.39, 0.29) is 5.69 Å². The summed E-state index contributed by atoms with van der Waals surface area (Å²) in [5, 5.41) is 2.27. The van der Waals surface area contributed by atoms with E-state index in [0.29, 0.717) is 3.57 Å². The van der Waals surface area contributed by atoms with Crippen molar-refractivity contribution in [1.29, 1.82) is 0 Å². The average molecular weight is 417 g/mol. The molecule has 0 saturated carbocycles. The van der Waals surface area contributed by atoms with Crippen LogP contribution < -0.4 is 5.32 Å². The number of hydrogen-bond donors (Lipinski definition) is 1. The van der Waals surface area contributed by atoms with Crippen molar-refractivity contribution in [2.45, 2.75) is 6.18 Å². The second-order valence-electron chi connectivity index (χ2n) is 4.42. The lowest BCUT2D eigenvalue weighted by atomic mass is 10.1. The number of nitrogens with one attached hydrogen (secondary N) is 1. The van der Waals surface area contributed by atoms with Crippen LogP contribution >= 0.6 is 22.6 Å². The average Bonchev–Trinajstić information content (AvgIpc) is 2.47. The summed E-state index contributed by atoms with van der Waals surface area (Å²) in [6.45, 7) is 0. The van der Waals surface area contributed by atoms with Crippen molar-refractivity contribution in [2.75, 3.05) is 5.32 Å². The first kappa shape index (κ1) is 16.5. The highest BCUT2D eigenvalue weighted by atomic mass is 127. The lowest BCUT2D eigenvalue weighted by molar-refractivity contribution is -0.137. The third kappa shape index (κ3) is 4.59. The molecule has 22 heavy (non-hydrogen) atoms. The van der Waals surface area contributed by atoms with Gasteiger partial charge in [-0.25, -0.2) is 0 Å². The Bertz CT molecular complexity index is 696. The summed E-state index contributed by atoms with van der Waals surface area (Å²) in [5.74, 6) is -0.615. The Labute approximate surface area is 139 Å². The first-order valence-corrected chi connectivity index (χ1v) is 7.35. The molecule has 1 N–H and O–H groups in total. The van der Waals surface area contributed by atoms with E-state index in [9.17, 15) is 18.0 Å². The molecule has 2 rings (SSSR count). The van der Waals surface area contributed by atoms with E-state index in [1.165, 1.54) is 24.3 Å². The molecule has 0 atom stereocenters. The number of carbonyl (C=O) groups is 1. The van der Waals surface area contributed by atoms with Crippen LogP contribution in [0.2, 0.25) is 0 Å². The van der Waals surface area contributed by atoms with Crippen molar-refractivity contribution in [2.24, 2.45) is 0 Å². The molecule has 0 aliphatic carbocycles. The SMILES string of the molecule is O=C(C=Cc1ccccc1)Nc1ccc(I)cc1C(F)(F)F. The standard InChI is InChI=1S/C16H11F3INO/c17-16(18,19)13-10-12(20)7-8-14(13)21-15(22)9-6-11-4-2-1-3-5-11/h1-10H,(H,21,22). The van der Waals surface area contributed by atoms with Crippen LogP contribution in [0.3, 0.4) is 0 Å². The molecule has 6 heteroatoms. The number of rotatable bonds is 3. The maximum atomic E-state index is 13.0. The molecule has 1 amide bonds. The summed E-state index contributed by atoms with van der Waals surface area (Å²) in [5.41, 5.74) is -0.326. The van der Waals surface area contributed by atoms with Crippen molar-refractivity contribution in [3.8, 4) is 0 Å². The van der Waals surface area contributed by atoms with E-state index in [2.05, 4.69) is 5.32 Å². The molecule has 0 aromatic heterocycles. The van der Waals surface area contributed by atoms with Crippen molar-refractivity contribution in [3.05, 3.63) is 69.3 Å². The topological polar surface area (TPSA) is 29.1 Å². The zero-order chi connectivity index (χ0) is 16.2. The molecule has 114 valence electrons. The van der Waals surface area contributed by atoms with Crippen LogP contribution in [0.5, 0.6) is 0 Å². The fraction of sp³-hybridized carbons (Fsp3) is 0.0625. The van der Waals surface area contributed by atoms with Gasteiger partial charge in [0.05, 0.1) is 11.3 Å². The zero-order valence-electron chi connectivity index (χ0n) is 11.2. The Morgan fingerprint density at radius 1 is 1.09 bits per heavy atom. The van der Waals surface area contributed by atoms with Gasteiger partial charge in [0.15, 0.2) is 0 Å². The molecule has 0 bridgehead atoms. The van der Waals surface area contributed by atoms with Crippen LogP contribution in [-0.2, 0) is 11.0 Å². The number of amides is 1. The molecule has 0 saturated heterocycles. The number of alkyl halides is 3. The Balaban J connectivity index is 2.17. The maximum absolute atomic E-state index is 13.0. The predicted molar refractivity (Wildman–Crippen MR) is 88.3 cm³/mol. The first-order chi connectivity index (χ1) is 10.4.